The summed E-state index contributed by atoms with van der Waals surface area (Å²) >= 11 is 0. The number of anilines is 1. The van der Waals surface area contributed by atoms with E-state index in [0.29, 0.717) is 32.1 Å². The van der Waals surface area contributed by atoms with E-state index in [2.05, 4.69) is 9.88 Å². The maximum atomic E-state index is 12.9. The highest BCUT2D eigenvalue weighted by Crippen LogP contribution is 2.29. The molecule has 140 valence electrons. The molecule has 6 nitrogen and oxygen atoms in total. The first kappa shape index (κ1) is 17.3. The molecule has 0 bridgehead atoms. The van der Waals surface area contributed by atoms with Gasteiger partial charge in [-0.25, -0.2) is 4.98 Å². The van der Waals surface area contributed by atoms with E-state index in [1.54, 1.807) is 6.20 Å². The fraction of sp³-hybridized carbons (Fsp3) is 0.650. The van der Waals surface area contributed by atoms with Crippen molar-refractivity contribution in [2.24, 2.45) is 5.92 Å². The normalized spacial score (nSPS) is 25.0. The summed E-state index contributed by atoms with van der Waals surface area (Å²) in [5.74, 6) is 1.17. The van der Waals surface area contributed by atoms with Crippen LogP contribution < -0.4 is 4.90 Å². The van der Waals surface area contributed by atoms with Crippen LogP contribution in [0.25, 0.3) is 0 Å². The molecule has 2 aliphatic heterocycles. The van der Waals surface area contributed by atoms with Crippen molar-refractivity contribution in [3.8, 4) is 0 Å². The van der Waals surface area contributed by atoms with Gasteiger partial charge in [-0.05, 0) is 25.0 Å². The molecule has 1 saturated carbocycles. The van der Waals surface area contributed by atoms with Gasteiger partial charge in [-0.15, -0.1) is 0 Å². The smallest absolute Gasteiger partial charge is 0.228 e. The Kier molecular flexibility index (Phi) is 5.09. The van der Waals surface area contributed by atoms with Crippen molar-refractivity contribution in [1.82, 2.24) is 14.8 Å². The number of carbonyl (C=O) groups excluding carboxylic acids is 2. The van der Waals surface area contributed by atoms with Crippen molar-refractivity contribution >= 4 is 17.6 Å². The molecule has 3 aliphatic rings. The predicted octanol–water partition coefficient (Wildman–Crippen LogP) is 1.91. The number of hydrogen-bond donors (Lipinski definition) is 0. The van der Waals surface area contributed by atoms with Crippen molar-refractivity contribution < 1.29 is 9.59 Å². The van der Waals surface area contributed by atoms with Gasteiger partial charge < -0.3 is 14.7 Å². The minimum Gasteiger partial charge on any atom is -0.353 e. The van der Waals surface area contributed by atoms with Crippen molar-refractivity contribution in [2.75, 3.05) is 37.6 Å². The molecule has 1 aromatic rings. The Bertz CT molecular complexity index is 636. The Morgan fingerprint density at radius 2 is 1.81 bits per heavy atom. The van der Waals surface area contributed by atoms with Crippen molar-refractivity contribution in [1.29, 1.82) is 0 Å². The molecule has 3 heterocycles. The Morgan fingerprint density at radius 3 is 2.50 bits per heavy atom. The van der Waals surface area contributed by atoms with Crippen LogP contribution in [0.4, 0.5) is 5.82 Å². The topological polar surface area (TPSA) is 56.8 Å². The van der Waals surface area contributed by atoms with E-state index in [0.717, 1.165) is 31.7 Å². The fourth-order valence-corrected chi connectivity index (χ4v) is 4.60. The minimum atomic E-state index is -0.147. The summed E-state index contributed by atoms with van der Waals surface area (Å²) in [7, 11) is 0. The maximum absolute atomic E-state index is 12.9. The largest absolute Gasteiger partial charge is 0.353 e. The van der Waals surface area contributed by atoms with Crippen molar-refractivity contribution in [3.63, 3.8) is 0 Å². The van der Waals surface area contributed by atoms with Gasteiger partial charge in [-0.2, -0.15) is 0 Å². The van der Waals surface area contributed by atoms with Crippen LogP contribution >= 0.6 is 0 Å². The highest BCUT2D eigenvalue weighted by Gasteiger charge is 2.40. The van der Waals surface area contributed by atoms with E-state index < -0.39 is 0 Å². The molecule has 3 fully saturated rings. The first-order valence-corrected chi connectivity index (χ1v) is 9.96. The van der Waals surface area contributed by atoms with Gasteiger partial charge in [0.25, 0.3) is 0 Å². The molecule has 1 unspecified atom stereocenters. The average molecular weight is 356 g/mol. The van der Waals surface area contributed by atoms with Gasteiger partial charge in [0.2, 0.25) is 11.8 Å². The zero-order chi connectivity index (χ0) is 17.9. The molecule has 2 saturated heterocycles. The number of amides is 2. The summed E-state index contributed by atoms with van der Waals surface area (Å²) in [6.07, 6.45) is 8.12. The molecular formula is C20H28N4O2. The molecule has 0 aromatic carbocycles. The lowest BCUT2D eigenvalue weighted by Gasteiger charge is -2.36. The molecule has 0 spiro atoms. The third-order valence-corrected chi connectivity index (χ3v) is 6.09. The number of nitrogens with zero attached hydrogens (tertiary/aromatic N) is 4. The van der Waals surface area contributed by atoms with Crippen LogP contribution in [0.5, 0.6) is 0 Å². The molecule has 1 atom stereocenters. The fourth-order valence-electron chi connectivity index (χ4n) is 4.60. The summed E-state index contributed by atoms with van der Waals surface area (Å²) in [6.45, 7) is 3.65. The van der Waals surface area contributed by atoms with Crippen LogP contribution in [0, 0.1) is 5.92 Å². The van der Waals surface area contributed by atoms with Crippen LogP contribution in [0.1, 0.15) is 38.5 Å². The molecular weight excluding hydrogens is 328 g/mol. The van der Waals surface area contributed by atoms with Gasteiger partial charge in [-0.3, -0.25) is 9.59 Å². The van der Waals surface area contributed by atoms with Crippen molar-refractivity contribution in [3.05, 3.63) is 24.4 Å². The summed E-state index contributed by atoms with van der Waals surface area (Å²) in [5.41, 5.74) is 0. The molecule has 4 rings (SSSR count). The van der Waals surface area contributed by atoms with Gasteiger partial charge >= 0.3 is 0 Å². The zero-order valence-corrected chi connectivity index (χ0v) is 15.3. The minimum absolute atomic E-state index is 0.147. The molecule has 1 aliphatic carbocycles. The number of aromatic nitrogens is 1. The summed E-state index contributed by atoms with van der Waals surface area (Å²) in [6, 6.07) is 6.28. The van der Waals surface area contributed by atoms with Crippen LogP contribution in [0.2, 0.25) is 0 Å². The van der Waals surface area contributed by atoms with E-state index in [9.17, 15) is 9.59 Å². The first-order chi connectivity index (χ1) is 12.7. The van der Waals surface area contributed by atoms with Gasteiger partial charge in [0, 0.05) is 51.4 Å². The standard InChI is InChI=1S/C20H28N4O2/c25-19-14-16(15-24(19)17-6-2-1-3-7-17)20(26)23-12-10-22(11-13-23)18-8-4-5-9-21-18/h4-5,8-9,16-17H,1-3,6-7,10-15H2. The van der Waals surface area contributed by atoms with E-state index in [1.807, 2.05) is 28.0 Å². The number of pyridine rings is 1. The third kappa shape index (κ3) is 3.55. The van der Waals surface area contributed by atoms with E-state index in [4.69, 9.17) is 0 Å². The number of piperazine rings is 1. The highest BCUT2D eigenvalue weighted by atomic mass is 16.2. The van der Waals surface area contributed by atoms with E-state index >= 15 is 0 Å². The molecule has 1 aromatic heterocycles. The molecule has 2 amide bonds. The lowest BCUT2D eigenvalue weighted by atomic mass is 9.94. The average Bonchev–Trinajstić information content (AvgIpc) is 3.10. The lowest BCUT2D eigenvalue weighted by molar-refractivity contribution is -0.136. The van der Waals surface area contributed by atoms with Gasteiger partial charge in [-0.1, -0.05) is 25.3 Å². The highest BCUT2D eigenvalue weighted by molar-refractivity contribution is 5.89. The Balaban J connectivity index is 1.32. The zero-order valence-electron chi connectivity index (χ0n) is 15.3. The summed E-state index contributed by atoms with van der Waals surface area (Å²) in [4.78, 5) is 35.9. The molecule has 26 heavy (non-hydrogen) atoms. The van der Waals surface area contributed by atoms with Crippen LogP contribution in [-0.4, -0.2) is 65.4 Å². The number of carbonyl (C=O) groups is 2. The van der Waals surface area contributed by atoms with Gasteiger partial charge in [0.05, 0.1) is 5.92 Å². The van der Waals surface area contributed by atoms with E-state index in [-0.39, 0.29) is 17.7 Å². The molecule has 6 heteroatoms. The van der Waals surface area contributed by atoms with E-state index in [1.165, 1.54) is 19.3 Å². The second-order valence-corrected chi connectivity index (χ2v) is 7.74. The Labute approximate surface area is 155 Å². The molecule has 0 radical (unpaired) electrons. The van der Waals surface area contributed by atoms with Crippen molar-refractivity contribution in [2.45, 2.75) is 44.6 Å². The quantitative estimate of drug-likeness (QED) is 0.830. The third-order valence-electron chi connectivity index (χ3n) is 6.09. The number of hydrogen-bond acceptors (Lipinski definition) is 4. The van der Waals surface area contributed by atoms with Gasteiger partial charge in [0.1, 0.15) is 5.82 Å². The van der Waals surface area contributed by atoms with Gasteiger partial charge in [0.15, 0.2) is 0 Å². The predicted molar refractivity (Wildman–Crippen MR) is 99.7 cm³/mol. The maximum Gasteiger partial charge on any atom is 0.228 e. The van der Waals surface area contributed by atoms with Crippen LogP contribution in [-0.2, 0) is 9.59 Å². The monoisotopic (exact) mass is 356 g/mol. The van der Waals surface area contributed by atoms with Crippen LogP contribution in [0.3, 0.4) is 0 Å². The first-order valence-electron chi connectivity index (χ1n) is 9.96. The van der Waals surface area contributed by atoms with Crippen LogP contribution in [0.15, 0.2) is 24.4 Å². The molecule has 0 N–H and O–H groups in total. The second kappa shape index (κ2) is 7.64. The summed E-state index contributed by atoms with van der Waals surface area (Å²) in [5, 5.41) is 0. The lowest BCUT2D eigenvalue weighted by Crippen LogP contribution is -2.51. The number of rotatable bonds is 3. The Hall–Kier alpha value is -2.11. The number of likely N-dealkylation sites (tertiary alicyclic amines) is 1. The summed E-state index contributed by atoms with van der Waals surface area (Å²) < 4.78 is 0. The SMILES string of the molecule is O=C(C1CC(=O)N(C2CCCCC2)C1)N1CCN(c2ccccn2)CC1. The Morgan fingerprint density at radius 1 is 1.04 bits per heavy atom. The second-order valence-electron chi connectivity index (χ2n) is 7.74.